The normalized spacial score (nSPS) is 11.0. The van der Waals surface area contributed by atoms with E-state index in [0.29, 0.717) is 5.69 Å². The van der Waals surface area contributed by atoms with Crippen molar-refractivity contribution in [1.29, 1.82) is 0 Å². The van der Waals surface area contributed by atoms with Crippen LogP contribution in [0.15, 0.2) is 30.5 Å². The standard InChI is InChI=1S/C13H12N4O2/c1-17-6-8(7-4-2-3-5-9(7)17)10-11(12(18)19)16-13(14)15-10/h2-6H,1H3,(H,18,19)(H3,14,15,16). The zero-order chi connectivity index (χ0) is 13.6. The van der Waals surface area contributed by atoms with E-state index in [1.165, 1.54) is 0 Å². The van der Waals surface area contributed by atoms with Gasteiger partial charge in [0.15, 0.2) is 11.6 Å². The summed E-state index contributed by atoms with van der Waals surface area (Å²) in [6, 6.07) is 7.74. The molecule has 0 unspecified atom stereocenters. The fourth-order valence-electron chi connectivity index (χ4n) is 2.27. The maximum Gasteiger partial charge on any atom is 0.354 e. The highest BCUT2D eigenvalue weighted by Gasteiger charge is 2.20. The third-order valence-corrected chi connectivity index (χ3v) is 3.09. The molecule has 0 spiro atoms. The topological polar surface area (TPSA) is 96.9 Å². The molecular weight excluding hydrogens is 244 g/mol. The van der Waals surface area contributed by atoms with Crippen molar-refractivity contribution >= 4 is 22.8 Å². The minimum atomic E-state index is -1.08. The van der Waals surface area contributed by atoms with Gasteiger partial charge in [0.1, 0.15) is 5.69 Å². The highest BCUT2D eigenvalue weighted by atomic mass is 16.4. The molecule has 0 atom stereocenters. The molecule has 6 nitrogen and oxygen atoms in total. The van der Waals surface area contributed by atoms with Gasteiger partial charge in [-0.3, -0.25) is 0 Å². The molecule has 0 aliphatic rings. The van der Waals surface area contributed by atoms with Gasteiger partial charge in [0, 0.05) is 29.7 Å². The molecule has 0 aliphatic carbocycles. The molecule has 19 heavy (non-hydrogen) atoms. The molecule has 0 saturated heterocycles. The molecule has 0 saturated carbocycles. The number of aryl methyl sites for hydroxylation is 1. The summed E-state index contributed by atoms with van der Waals surface area (Å²) in [4.78, 5) is 17.9. The minimum Gasteiger partial charge on any atom is -0.477 e. The van der Waals surface area contributed by atoms with E-state index >= 15 is 0 Å². The molecule has 0 bridgehead atoms. The van der Waals surface area contributed by atoms with E-state index in [4.69, 9.17) is 5.73 Å². The molecule has 0 radical (unpaired) electrons. The van der Waals surface area contributed by atoms with Gasteiger partial charge >= 0.3 is 5.97 Å². The van der Waals surface area contributed by atoms with E-state index in [-0.39, 0.29) is 11.6 Å². The molecule has 0 aliphatic heterocycles. The zero-order valence-corrected chi connectivity index (χ0v) is 10.2. The summed E-state index contributed by atoms with van der Waals surface area (Å²) in [6.07, 6.45) is 1.85. The molecule has 3 rings (SSSR count). The van der Waals surface area contributed by atoms with Gasteiger partial charge in [0.05, 0.1) is 0 Å². The first-order valence-electron chi connectivity index (χ1n) is 5.71. The van der Waals surface area contributed by atoms with Crippen molar-refractivity contribution in [2.45, 2.75) is 0 Å². The summed E-state index contributed by atoms with van der Waals surface area (Å²) in [5, 5.41) is 10.1. The van der Waals surface area contributed by atoms with Gasteiger partial charge in [0.25, 0.3) is 0 Å². The van der Waals surface area contributed by atoms with Crippen LogP contribution in [0.2, 0.25) is 0 Å². The molecule has 1 aromatic carbocycles. The average Bonchev–Trinajstić information content (AvgIpc) is 2.91. The van der Waals surface area contributed by atoms with Crippen molar-refractivity contribution in [2.24, 2.45) is 7.05 Å². The van der Waals surface area contributed by atoms with Gasteiger partial charge in [-0.25, -0.2) is 9.78 Å². The number of carbonyl (C=O) groups is 1. The van der Waals surface area contributed by atoms with Crippen molar-refractivity contribution in [3.63, 3.8) is 0 Å². The van der Waals surface area contributed by atoms with Crippen molar-refractivity contribution < 1.29 is 9.90 Å². The molecule has 6 heteroatoms. The predicted octanol–water partition coefficient (Wildman–Crippen LogP) is 1.85. The van der Waals surface area contributed by atoms with Crippen LogP contribution in [0.3, 0.4) is 0 Å². The number of aromatic amines is 1. The Balaban J connectivity index is 2.34. The number of fused-ring (bicyclic) bond motifs is 1. The Kier molecular flexibility index (Phi) is 2.31. The molecule has 96 valence electrons. The Morgan fingerprint density at radius 3 is 2.89 bits per heavy atom. The first-order valence-corrected chi connectivity index (χ1v) is 5.71. The number of carboxylic acids is 1. The molecule has 2 heterocycles. The van der Waals surface area contributed by atoms with E-state index in [2.05, 4.69) is 9.97 Å². The third-order valence-electron chi connectivity index (χ3n) is 3.09. The molecular formula is C13H12N4O2. The summed E-state index contributed by atoms with van der Waals surface area (Å²) in [5.74, 6) is -0.979. The van der Waals surface area contributed by atoms with Gasteiger partial charge in [-0.15, -0.1) is 0 Å². The number of anilines is 1. The quantitative estimate of drug-likeness (QED) is 0.651. The van der Waals surface area contributed by atoms with E-state index < -0.39 is 5.97 Å². The number of carboxylic acid groups (broad SMARTS) is 1. The number of aromatic carboxylic acids is 1. The van der Waals surface area contributed by atoms with Gasteiger partial charge in [0.2, 0.25) is 0 Å². The Morgan fingerprint density at radius 1 is 1.42 bits per heavy atom. The van der Waals surface area contributed by atoms with E-state index in [1.807, 2.05) is 42.1 Å². The average molecular weight is 256 g/mol. The van der Waals surface area contributed by atoms with E-state index in [9.17, 15) is 9.90 Å². The van der Waals surface area contributed by atoms with Gasteiger partial charge in [-0.1, -0.05) is 18.2 Å². The van der Waals surface area contributed by atoms with Gasteiger partial charge in [-0.2, -0.15) is 0 Å². The van der Waals surface area contributed by atoms with Crippen LogP contribution in [0, 0.1) is 0 Å². The number of nitrogens with two attached hydrogens (primary N) is 1. The lowest BCUT2D eigenvalue weighted by atomic mass is 10.1. The molecule has 3 aromatic rings. The third kappa shape index (κ3) is 1.65. The largest absolute Gasteiger partial charge is 0.477 e. The summed E-state index contributed by atoms with van der Waals surface area (Å²) >= 11 is 0. The summed E-state index contributed by atoms with van der Waals surface area (Å²) in [7, 11) is 1.91. The zero-order valence-electron chi connectivity index (χ0n) is 10.2. The number of nitrogen functional groups attached to an aromatic ring is 1. The number of benzene rings is 1. The summed E-state index contributed by atoms with van der Waals surface area (Å²) < 4.78 is 1.93. The number of aromatic nitrogens is 3. The minimum absolute atomic E-state index is 0.00820. The molecule has 4 N–H and O–H groups in total. The fraction of sp³-hybridized carbons (Fsp3) is 0.0769. The Morgan fingerprint density at radius 2 is 2.16 bits per heavy atom. The van der Waals surface area contributed by atoms with Crippen molar-refractivity contribution in [3.05, 3.63) is 36.2 Å². The molecule has 2 aromatic heterocycles. The maximum absolute atomic E-state index is 11.2. The van der Waals surface area contributed by atoms with Crippen LogP contribution in [0.5, 0.6) is 0 Å². The SMILES string of the molecule is Cn1cc(-c2nc(N)[nH]c2C(=O)O)c2ccccc21. The van der Waals surface area contributed by atoms with Crippen LogP contribution in [0.1, 0.15) is 10.5 Å². The van der Waals surface area contributed by atoms with E-state index in [1.54, 1.807) is 0 Å². The van der Waals surface area contributed by atoms with Crippen LogP contribution in [0.25, 0.3) is 22.2 Å². The molecule has 0 fully saturated rings. The number of para-hydroxylation sites is 1. The second-order valence-corrected chi connectivity index (χ2v) is 4.32. The van der Waals surface area contributed by atoms with E-state index in [0.717, 1.165) is 16.5 Å². The van der Waals surface area contributed by atoms with Crippen molar-refractivity contribution in [1.82, 2.24) is 14.5 Å². The first-order chi connectivity index (χ1) is 9.08. The second kappa shape index (κ2) is 3.88. The summed E-state index contributed by atoms with van der Waals surface area (Å²) in [5.41, 5.74) is 7.70. The van der Waals surface area contributed by atoms with Crippen LogP contribution in [-0.4, -0.2) is 25.6 Å². The summed E-state index contributed by atoms with van der Waals surface area (Å²) in [6.45, 7) is 0. The number of rotatable bonds is 2. The van der Waals surface area contributed by atoms with Crippen molar-refractivity contribution in [3.8, 4) is 11.3 Å². The fourth-order valence-corrected chi connectivity index (χ4v) is 2.27. The molecule has 0 amide bonds. The first kappa shape index (κ1) is 11.3. The van der Waals surface area contributed by atoms with Crippen LogP contribution in [0.4, 0.5) is 5.95 Å². The number of H-pyrrole nitrogens is 1. The lowest BCUT2D eigenvalue weighted by Crippen LogP contribution is -1.99. The Bertz CT molecular complexity index is 785. The number of imidazole rings is 1. The van der Waals surface area contributed by atoms with Crippen molar-refractivity contribution in [2.75, 3.05) is 5.73 Å². The lowest BCUT2D eigenvalue weighted by Gasteiger charge is -1.96. The highest BCUT2D eigenvalue weighted by molar-refractivity contribution is 6.01. The maximum atomic E-state index is 11.2. The second-order valence-electron chi connectivity index (χ2n) is 4.32. The Hall–Kier alpha value is -2.76. The van der Waals surface area contributed by atoms with Crippen LogP contribution < -0.4 is 5.73 Å². The Labute approximate surface area is 108 Å². The smallest absolute Gasteiger partial charge is 0.354 e. The van der Waals surface area contributed by atoms with Gasteiger partial charge in [-0.05, 0) is 6.07 Å². The number of nitrogens with zero attached hydrogens (tertiary/aromatic N) is 2. The monoisotopic (exact) mass is 256 g/mol. The number of hydrogen-bond donors (Lipinski definition) is 3. The van der Waals surface area contributed by atoms with Crippen LogP contribution in [-0.2, 0) is 7.05 Å². The number of nitrogens with one attached hydrogen (secondary N) is 1. The predicted molar refractivity (Wildman–Crippen MR) is 71.9 cm³/mol. The lowest BCUT2D eigenvalue weighted by molar-refractivity contribution is 0.0692. The highest BCUT2D eigenvalue weighted by Crippen LogP contribution is 2.31. The number of hydrogen-bond acceptors (Lipinski definition) is 3. The van der Waals surface area contributed by atoms with Crippen LogP contribution >= 0.6 is 0 Å². The van der Waals surface area contributed by atoms with Gasteiger partial charge < -0.3 is 20.4 Å².